The van der Waals surface area contributed by atoms with E-state index >= 15 is 0 Å². The van der Waals surface area contributed by atoms with Crippen molar-refractivity contribution in [3.63, 3.8) is 0 Å². The molecule has 0 fully saturated rings. The molecule has 0 aliphatic carbocycles. The lowest BCUT2D eigenvalue weighted by Crippen LogP contribution is -2.27. The predicted molar refractivity (Wildman–Crippen MR) is 82.0 cm³/mol. The molecule has 2 aromatic rings. The number of hydrogen-bond donors (Lipinski definition) is 1. The van der Waals surface area contributed by atoms with Crippen molar-refractivity contribution in [2.24, 2.45) is 5.92 Å². The number of aromatic nitrogens is 3. The summed E-state index contributed by atoms with van der Waals surface area (Å²) in [5, 5.41) is 13.7. The zero-order valence-corrected chi connectivity index (χ0v) is 13.2. The van der Waals surface area contributed by atoms with Gasteiger partial charge >= 0.3 is 11.9 Å². The van der Waals surface area contributed by atoms with E-state index in [2.05, 4.69) is 10.1 Å². The van der Waals surface area contributed by atoms with Crippen molar-refractivity contribution in [3.05, 3.63) is 47.0 Å². The molecule has 0 bridgehead atoms. The molecule has 0 aromatic carbocycles. The van der Waals surface area contributed by atoms with Crippen LogP contribution in [-0.4, -0.2) is 38.4 Å². The van der Waals surface area contributed by atoms with Crippen LogP contribution in [0.25, 0.3) is 0 Å². The van der Waals surface area contributed by atoms with Crippen LogP contribution in [-0.2, 0) is 27.3 Å². The molecule has 0 saturated carbocycles. The van der Waals surface area contributed by atoms with Crippen molar-refractivity contribution in [1.29, 1.82) is 0 Å². The summed E-state index contributed by atoms with van der Waals surface area (Å²) in [6, 6.07) is 3.51. The van der Waals surface area contributed by atoms with Gasteiger partial charge in [0, 0.05) is 12.4 Å². The average molecular weight is 338 g/mol. The summed E-state index contributed by atoms with van der Waals surface area (Å²) in [4.78, 5) is 26.9. The van der Waals surface area contributed by atoms with E-state index in [4.69, 9.17) is 21.4 Å². The molecule has 0 amide bonds. The van der Waals surface area contributed by atoms with E-state index in [1.54, 1.807) is 36.3 Å². The van der Waals surface area contributed by atoms with Crippen molar-refractivity contribution in [2.75, 3.05) is 6.61 Å². The number of esters is 1. The van der Waals surface area contributed by atoms with Gasteiger partial charge in [-0.15, -0.1) is 0 Å². The van der Waals surface area contributed by atoms with Crippen molar-refractivity contribution < 1.29 is 19.4 Å². The highest BCUT2D eigenvalue weighted by atomic mass is 35.5. The maximum atomic E-state index is 11.7. The Morgan fingerprint density at radius 3 is 2.74 bits per heavy atom. The second kappa shape index (κ2) is 7.73. The molecule has 0 radical (unpaired) electrons. The number of carboxylic acids is 1. The van der Waals surface area contributed by atoms with Gasteiger partial charge in [-0.2, -0.15) is 5.10 Å². The van der Waals surface area contributed by atoms with Crippen LogP contribution in [0.5, 0.6) is 0 Å². The van der Waals surface area contributed by atoms with E-state index in [9.17, 15) is 9.59 Å². The van der Waals surface area contributed by atoms with Crippen molar-refractivity contribution >= 4 is 23.5 Å². The molecule has 1 unspecified atom stereocenters. The third-order valence-corrected chi connectivity index (χ3v) is 3.35. The molecule has 7 nitrogen and oxygen atoms in total. The van der Waals surface area contributed by atoms with Gasteiger partial charge in [-0.1, -0.05) is 17.7 Å². The number of halogens is 1. The van der Waals surface area contributed by atoms with Gasteiger partial charge in [-0.25, -0.2) is 4.98 Å². The molecule has 0 saturated heterocycles. The van der Waals surface area contributed by atoms with Gasteiger partial charge in [-0.3, -0.25) is 14.3 Å². The normalized spacial score (nSPS) is 11.9. The summed E-state index contributed by atoms with van der Waals surface area (Å²) in [7, 11) is 0. The molecule has 2 aromatic heterocycles. The number of carboxylic acid groups (broad SMARTS) is 1. The molecule has 0 aliphatic heterocycles. The fourth-order valence-corrected chi connectivity index (χ4v) is 2.15. The standard InChI is InChI=1S/C15H16ClN3O4/c1-2-23-15(22)12(14(20)21)5-11-7-18-19(9-11)8-10-3-4-13(16)17-6-10/h3-4,6-7,9,12H,2,5,8H2,1H3,(H,20,21). The Labute approximate surface area is 137 Å². The third-order valence-electron chi connectivity index (χ3n) is 3.13. The molecule has 23 heavy (non-hydrogen) atoms. The summed E-state index contributed by atoms with van der Waals surface area (Å²) in [5.74, 6) is -3.18. The number of carbonyl (C=O) groups is 2. The Kier molecular flexibility index (Phi) is 5.70. The second-order valence-corrected chi connectivity index (χ2v) is 5.27. The van der Waals surface area contributed by atoms with Crippen molar-refractivity contribution in [3.8, 4) is 0 Å². The molecule has 1 N–H and O–H groups in total. The van der Waals surface area contributed by atoms with Crippen LogP contribution in [0, 0.1) is 5.92 Å². The Bertz CT molecular complexity index is 684. The first-order valence-electron chi connectivity index (χ1n) is 7.00. The first-order chi connectivity index (χ1) is 11.0. The van der Waals surface area contributed by atoms with Gasteiger partial charge < -0.3 is 9.84 Å². The van der Waals surface area contributed by atoms with Crippen LogP contribution in [0.15, 0.2) is 30.7 Å². The smallest absolute Gasteiger partial charge is 0.320 e. The molecule has 0 aliphatic rings. The fourth-order valence-electron chi connectivity index (χ4n) is 2.04. The zero-order chi connectivity index (χ0) is 16.8. The average Bonchev–Trinajstić information content (AvgIpc) is 2.94. The SMILES string of the molecule is CCOC(=O)C(Cc1cnn(Cc2ccc(Cl)nc2)c1)C(=O)O. The van der Waals surface area contributed by atoms with Gasteiger partial charge in [-0.05, 0) is 30.5 Å². The maximum absolute atomic E-state index is 11.7. The van der Waals surface area contributed by atoms with Gasteiger partial charge in [0.05, 0.1) is 19.3 Å². The van der Waals surface area contributed by atoms with Crippen molar-refractivity contribution in [2.45, 2.75) is 19.9 Å². The lowest BCUT2D eigenvalue weighted by atomic mass is 10.0. The summed E-state index contributed by atoms with van der Waals surface area (Å²) in [6.07, 6.45) is 4.91. The van der Waals surface area contributed by atoms with Gasteiger partial charge in [0.1, 0.15) is 5.15 Å². The molecule has 0 spiro atoms. The van der Waals surface area contributed by atoms with E-state index in [0.29, 0.717) is 17.3 Å². The Balaban J connectivity index is 2.04. The number of ether oxygens (including phenoxy) is 1. The minimum absolute atomic E-state index is 0.0348. The Morgan fingerprint density at radius 1 is 1.35 bits per heavy atom. The lowest BCUT2D eigenvalue weighted by Gasteiger charge is -2.09. The highest BCUT2D eigenvalue weighted by molar-refractivity contribution is 6.29. The van der Waals surface area contributed by atoms with Crippen LogP contribution in [0.2, 0.25) is 5.15 Å². The van der Waals surface area contributed by atoms with Crippen LogP contribution < -0.4 is 0 Å². The first-order valence-corrected chi connectivity index (χ1v) is 7.38. The van der Waals surface area contributed by atoms with Gasteiger partial charge in [0.15, 0.2) is 5.92 Å². The maximum Gasteiger partial charge on any atom is 0.320 e. The number of carbonyl (C=O) groups excluding carboxylic acids is 1. The van der Waals surface area contributed by atoms with E-state index in [1.165, 1.54) is 0 Å². The Hall–Kier alpha value is -2.41. The molecule has 2 heterocycles. The number of nitrogens with zero attached hydrogens (tertiary/aromatic N) is 3. The summed E-state index contributed by atoms with van der Waals surface area (Å²) >= 11 is 5.73. The number of aliphatic carboxylic acids is 1. The highest BCUT2D eigenvalue weighted by Crippen LogP contribution is 2.12. The second-order valence-electron chi connectivity index (χ2n) is 4.88. The van der Waals surface area contributed by atoms with Gasteiger partial charge in [0.2, 0.25) is 0 Å². The predicted octanol–water partition coefficient (Wildman–Crippen LogP) is 1.79. The molecular formula is C15H16ClN3O4. The quantitative estimate of drug-likeness (QED) is 0.470. The minimum atomic E-state index is -1.23. The molecular weight excluding hydrogens is 322 g/mol. The Morgan fingerprint density at radius 2 is 2.13 bits per heavy atom. The lowest BCUT2D eigenvalue weighted by molar-refractivity contribution is -0.158. The molecule has 8 heteroatoms. The van der Waals surface area contributed by atoms with Crippen molar-refractivity contribution in [1.82, 2.24) is 14.8 Å². The first kappa shape index (κ1) is 17.0. The van der Waals surface area contributed by atoms with E-state index in [0.717, 1.165) is 5.56 Å². The van der Waals surface area contributed by atoms with E-state index in [-0.39, 0.29) is 13.0 Å². The largest absolute Gasteiger partial charge is 0.481 e. The minimum Gasteiger partial charge on any atom is -0.481 e. The summed E-state index contributed by atoms with van der Waals surface area (Å²) in [6.45, 7) is 2.25. The molecule has 2 rings (SSSR count). The number of hydrogen-bond acceptors (Lipinski definition) is 5. The molecule has 1 atom stereocenters. The summed E-state index contributed by atoms with van der Waals surface area (Å²) in [5.41, 5.74) is 1.55. The van der Waals surface area contributed by atoms with Crippen LogP contribution in [0.1, 0.15) is 18.1 Å². The van der Waals surface area contributed by atoms with Gasteiger partial charge in [0.25, 0.3) is 0 Å². The third kappa shape index (κ3) is 4.79. The number of pyridine rings is 1. The summed E-state index contributed by atoms with van der Waals surface area (Å²) < 4.78 is 6.43. The van der Waals surface area contributed by atoms with Crippen LogP contribution in [0.3, 0.4) is 0 Å². The van der Waals surface area contributed by atoms with E-state index in [1.807, 2.05) is 6.07 Å². The monoisotopic (exact) mass is 337 g/mol. The highest BCUT2D eigenvalue weighted by Gasteiger charge is 2.28. The zero-order valence-electron chi connectivity index (χ0n) is 12.5. The van der Waals surface area contributed by atoms with E-state index < -0.39 is 17.9 Å². The van der Waals surface area contributed by atoms with Crippen LogP contribution >= 0.6 is 11.6 Å². The number of rotatable bonds is 7. The molecule has 122 valence electrons. The van der Waals surface area contributed by atoms with Crippen LogP contribution in [0.4, 0.5) is 0 Å². The topological polar surface area (TPSA) is 94.3 Å². The fraction of sp³-hybridized carbons (Fsp3) is 0.333.